The average Bonchev–Trinajstić information content (AvgIpc) is 2.50. The normalized spacial score (nSPS) is 13.9. The molecule has 2 aromatic rings. The van der Waals surface area contributed by atoms with E-state index in [1.54, 1.807) is 0 Å². The molecule has 3 heteroatoms. The Labute approximate surface area is 125 Å². The average molecular weight is 290 g/mol. The van der Waals surface area contributed by atoms with E-state index in [0.29, 0.717) is 11.6 Å². The van der Waals surface area contributed by atoms with Gasteiger partial charge in [-0.05, 0) is 18.1 Å². The van der Waals surface area contributed by atoms with Gasteiger partial charge >= 0.3 is 0 Å². The van der Waals surface area contributed by atoms with Crippen molar-refractivity contribution in [2.45, 2.75) is 32.1 Å². The highest BCUT2D eigenvalue weighted by atomic mass is 35.5. The summed E-state index contributed by atoms with van der Waals surface area (Å²) < 4.78 is 6.04. The van der Waals surface area contributed by atoms with E-state index in [1.165, 1.54) is 0 Å². The summed E-state index contributed by atoms with van der Waals surface area (Å²) in [5, 5.41) is 0.703. The zero-order valence-electron chi connectivity index (χ0n) is 11.6. The molecular formula is C17H20ClNO. The largest absolute Gasteiger partial charge is 0.367 e. The summed E-state index contributed by atoms with van der Waals surface area (Å²) in [5.74, 6) is 0. The first kappa shape index (κ1) is 15.0. The van der Waals surface area contributed by atoms with Gasteiger partial charge in [0.05, 0.1) is 12.7 Å². The van der Waals surface area contributed by atoms with Crippen LogP contribution in [0.5, 0.6) is 0 Å². The lowest BCUT2D eigenvalue weighted by molar-refractivity contribution is 0.0213. The molecule has 2 aromatic carbocycles. The van der Waals surface area contributed by atoms with Crippen LogP contribution in [0, 0.1) is 0 Å². The second-order valence-electron chi connectivity index (χ2n) is 4.81. The number of nitrogens with two attached hydrogens (primary N) is 1. The van der Waals surface area contributed by atoms with Crippen LogP contribution in [0.4, 0.5) is 0 Å². The van der Waals surface area contributed by atoms with E-state index in [4.69, 9.17) is 22.1 Å². The Hall–Kier alpha value is -1.35. The van der Waals surface area contributed by atoms with Gasteiger partial charge in [-0.1, -0.05) is 67.1 Å². The zero-order valence-corrected chi connectivity index (χ0v) is 12.4. The van der Waals surface area contributed by atoms with Crippen LogP contribution in [-0.2, 0) is 11.3 Å². The molecule has 0 bridgehead atoms. The number of benzene rings is 2. The van der Waals surface area contributed by atoms with Gasteiger partial charge in [-0.15, -0.1) is 0 Å². The molecule has 0 radical (unpaired) electrons. The topological polar surface area (TPSA) is 35.2 Å². The summed E-state index contributed by atoms with van der Waals surface area (Å²) in [5.41, 5.74) is 8.29. The maximum absolute atomic E-state index is 6.27. The van der Waals surface area contributed by atoms with Gasteiger partial charge in [-0.25, -0.2) is 0 Å². The van der Waals surface area contributed by atoms with Crippen molar-refractivity contribution in [2.24, 2.45) is 5.73 Å². The number of hydrogen-bond donors (Lipinski definition) is 1. The first-order valence-electron chi connectivity index (χ1n) is 6.88. The zero-order chi connectivity index (χ0) is 14.4. The lowest BCUT2D eigenvalue weighted by Crippen LogP contribution is -2.29. The Morgan fingerprint density at radius 2 is 1.70 bits per heavy atom. The van der Waals surface area contributed by atoms with E-state index >= 15 is 0 Å². The van der Waals surface area contributed by atoms with Gasteiger partial charge in [0.15, 0.2) is 0 Å². The fourth-order valence-electron chi connectivity index (χ4n) is 2.12. The van der Waals surface area contributed by atoms with Crippen molar-refractivity contribution >= 4 is 11.6 Å². The molecule has 0 amide bonds. The Morgan fingerprint density at radius 3 is 2.35 bits per heavy atom. The molecule has 0 saturated heterocycles. The summed E-state index contributed by atoms with van der Waals surface area (Å²) in [7, 11) is 0. The summed E-state index contributed by atoms with van der Waals surface area (Å²) in [6.07, 6.45) is 0.652. The molecule has 0 heterocycles. The lowest BCUT2D eigenvalue weighted by Gasteiger charge is -2.24. The molecule has 2 N–H and O–H groups in total. The van der Waals surface area contributed by atoms with Gasteiger partial charge in [0.25, 0.3) is 0 Å². The van der Waals surface area contributed by atoms with Gasteiger partial charge in [0, 0.05) is 16.6 Å². The Morgan fingerprint density at radius 1 is 1.05 bits per heavy atom. The van der Waals surface area contributed by atoms with Gasteiger partial charge in [0.2, 0.25) is 0 Å². The highest BCUT2D eigenvalue weighted by Gasteiger charge is 2.21. The van der Waals surface area contributed by atoms with Crippen molar-refractivity contribution in [1.82, 2.24) is 0 Å². The molecule has 0 saturated carbocycles. The molecule has 0 aliphatic rings. The molecule has 2 nitrogen and oxygen atoms in total. The predicted octanol–water partition coefficient (Wildman–Crippen LogP) is 4.34. The molecule has 2 unspecified atom stereocenters. The third kappa shape index (κ3) is 3.83. The highest BCUT2D eigenvalue weighted by Crippen LogP contribution is 2.29. The minimum atomic E-state index is -0.186. The number of ether oxygens (including phenoxy) is 1. The molecule has 0 aromatic heterocycles. The molecule has 0 aliphatic carbocycles. The summed E-state index contributed by atoms with van der Waals surface area (Å²) in [6.45, 7) is 2.59. The van der Waals surface area contributed by atoms with E-state index in [2.05, 4.69) is 6.92 Å². The Balaban J connectivity index is 2.15. The number of halogens is 1. The van der Waals surface area contributed by atoms with Crippen molar-refractivity contribution in [1.29, 1.82) is 0 Å². The molecule has 0 aliphatic heterocycles. The molecule has 2 rings (SSSR count). The predicted molar refractivity (Wildman–Crippen MR) is 83.7 cm³/mol. The van der Waals surface area contributed by atoms with Crippen LogP contribution in [0.3, 0.4) is 0 Å². The SMILES string of the molecule is CCC(N)C(OCc1ccccc1)c1ccccc1Cl. The van der Waals surface area contributed by atoms with E-state index in [0.717, 1.165) is 17.5 Å². The Bertz CT molecular complexity index is 530. The van der Waals surface area contributed by atoms with E-state index in [-0.39, 0.29) is 12.1 Å². The number of hydrogen-bond acceptors (Lipinski definition) is 2. The van der Waals surface area contributed by atoms with E-state index in [9.17, 15) is 0 Å². The summed E-state index contributed by atoms with van der Waals surface area (Å²) in [6, 6.07) is 17.7. The van der Waals surface area contributed by atoms with Gasteiger partial charge < -0.3 is 10.5 Å². The third-order valence-electron chi connectivity index (χ3n) is 3.34. The molecule has 2 atom stereocenters. The minimum absolute atomic E-state index is 0.0707. The molecule has 0 fully saturated rings. The maximum Gasteiger partial charge on any atom is 0.0994 e. The van der Waals surface area contributed by atoms with Crippen LogP contribution in [0.1, 0.15) is 30.6 Å². The second-order valence-corrected chi connectivity index (χ2v) is 5.22. The maximum atomic E-state index is 6.27. The first-order chi connectivity index (χ1) is 9.72. The second kappa shape index (κ2) is 7.44. The first-order valence-corrected chi connectivity index (χ1v) is 7.25. The molecule has 106 valence electrons. The quantitative estimate of drug-likeness (QED) is 0.859. The van der Waals surface area contributed by atoms with Crippen LogP contribution in [0.15, 0.2) is 54.6 Å². The van der Waals surface area contributed by atoms with Gasteiger partial charge in [0.1, 0.15) is 0 Å². The standard InChI is InChI=1S/C17H20ClNO/c1-2-16(19)17(14-10-6-7-11-15(14)18)20-12-13-8-4-3-5-9-13/h3-11,16-17H,2,12,19H2,1H3. The fourth-order valence-corrected chi connectivity index (χ4v) is 2.37. The summed E-state index contributed by atoms with van der Waals surface area (Å²) >= 11 is 6.27. The fraction of sp³-hybridized carbons (Fsp3) is 0.294. The van der Waals surface area contributed by atoms with Crippen molar-refractivity contribution in [3.63, 3.8) is 0 Å². The van der Waals surface area contributed by atoms with Gasteiger partial charge in [-0.3, -0.25) is 0 Å². The van der Waals surface area contributed by atoms with Crippen molar-refractivity contribution < 1.29 is 4.74 Å². The van der Waals surface area contributed by atoms with Crippen molar-refractivity contribution in [3.05, 3.63) is 70.7 Å². The minimum Gasteiger partial charge on any atom is -0.367 e. The van der Waals surface area contributed by atoms with E-state index < -0.39 is 0 Å². The van der Waals surface area contributed by atoms with Crippen molar-refractivity contribution in [3.8, 4) is 0 Å². The van der Waals surface area contributed by atoms with Crippen LogP contribution >= 0.6 is 11.6 Å². The number of rotatable bonds is 6. The molecule has 0 spiro atoms. The Kier molecular flexibility index (Phi) is 5.60. The van der Waals surface area contributed by atoms with Crippen LogP contribution in [0.25, 0.3) is 0 Å². The van der Waals surface area contributed by atoms with Crippen LogP contribution in [0.2, 0.25) is 5.02 Å². The monoisotopic (exact) mass is 289 g/mol. The van der Waals surface area contributed by atoms with Crippen LogP contribution < -0.4 is 5.73 Å². The summed E-state index contributed by atoms with van der Waals surface area (Å²) in [4.78, 5) is 0. The van der Waals surface area contributed by atoms with E-state index in [1.807, 2.05) is 54.6 Å². The van der Waals surface area contributed by atoms with Gasteiger partial charge in [-0.2, -0.15) is 0 Å². The molecule has 20 heavy (non-hydrogen) atoms. The lowest BCUT2D eigenvalue weighted by atomic mass is 10.0. The third-order valence-corrected chi connectivity index (χ3v) is 3.69. The smallest absolute Gasteiger partial charge is 0.0994 e. The highest BCUT2D eigenvalue weighted by molar-refractivity contribution is 6.31. The molecular weight excluding hydrogens is 270 g/mol. The van der Waals surface area contributed by atoms with Crippen molar-refractivity contribution in [2.75, 3.05) is 0 Å². The van der Waals surface area contributed by atoms with Crippen LogP contribution in [-0.4, -0.2) is 6.04 Å².